The lowest BCUT2D eigenvalue weighted by molar-refractivity contribution is 0.0724. The first kappa shape index (κ1) is 11.5. The maximum atomic E-state index is 12.2. The summed E-state index contributed by atoms with van der Waals surface area (Å²) in [6.07, 6.45) is 4.10. The predicted octanol–water partition coefficient (Wildman–Crippen LogP) is 2.69. The van der Waals surface area contributed by atoms with Gasteiger partial charge in [-0.15, -0.1) is 11.6 Å². The second kappa shape index (κ2) is 4.91. The topological polar surface area (TPSA) is 33.5 Å². The van der Waals surface area contributed by atoms with Gasteiger partial charge in [-0.25, -0.2) is 0 Å². The van der Waals surface area contributed by atoms with Crippen LogP contribution in [0.25, 0.3) is 0 Å². The van der Waals surface area contributed by atoms with Crippen molar-refractivity contribution in [2.75, 3.05) is 13.1 Å². The van der Waals surface area contributed by atoms with E-state index in [0.717, 1.165) is 38.1 Å². The van der Waals surface area contributed by atoms with Crippen LogP contribution in [0.1, 0.15) is 35.9 Å². The lowest BCUT2D eigenvalue weighted by Gasteiger charge is -2.29. The van der Waals surface area contributed by atoms with E-state index < -0.39 is 0 Å². The lowest BCUT2D eigenvalue weighted by atomic mass is 10.1. The third-order valence-corrected chi connectivity index (χ3v) is 3.45. The van der Waals surface area contributed by atoms with E-state index in [1.54, 1.807) is 12.3 Å². The van der Waals surface area contributed by atoms with Gasteiger partial charge in [0.2, 0.25) is 0 Å². The Morgan fingerprint density at radius 1 is 1.56 bits per heavy atom. The fraction of sp³-hybridized carbons (Fsp3) is 0.583. The third-order valence-electron chi connectivity index (χ3n) is 3.01. The number of carbonyl (C=O) groups is 1. The number of furan rings is 1. The highest BCUT2D eigenvalue weighted by molar-refractivity contribution is 6.20. The van der Waals surface area contributed by atoms with E-state index in [2.05, 4.69) is 0 Å². The van der Waals surface area contributed by atoms with E-state index in [1.807, 2.05) is 11.8 Å². The van der Waals surface area contributed by atoms with Crippen LogP contribution < -0.4 is 0 Å². The summed E-state index contributed by atoms with van der Waals surface area (Å²) in [6.45, 7) is 3.49. The van der Waals surface area contributed by atoms with Gasteiger partial charge in [0.05, 0.1) is 11.8 Å². The highest BCUT2D eigenvalue weighted by atomic mass is 35.5. The summed E-state index contributed by atoms with van der Waals surface area (Å²) in [5, 5.41) is 0.221. The zero-order valence-electron chi connectivity index (χ0n) is 9.41. The number of carbonyl (C=O) groups excluding carboxylic acids is 1. The molecule has 1 aromatic rings. The van der Waals surface area contributed by atoms with Crippen LogP contribution in [0.5, 0.6) is 0 Å². The predicted molar refractivity (Wildman–Crippen MR) is 62.9 cm³/mol. The van der Waals surface area contributed by atoms with Gasteiger partial charge in [-0.3, -0.25) is 4.79 Å². The summed E-state index contributed by atoms with van der Waals surface area (Å²) in [7, 11) is 0. The first-order valence-corrected chi connectivity index (χ1v) is 6.15. The van der Waals surface area contributed by atoms with E-state index in [1.165, 1.54) is 0 Å². The van der Waals surface area contributed by atoms with Gasteiger partial charge < -0.3 is 9.32 Å². The normalized spacial score (nSPS) is 17.8. The molecule has 0 aromatic carbocycles. The van der Waals surface area contributed by atoms with Crippen LogP contribution in [0.15, 0.2) is 16.7 Å². The molecule has 16 heavy (non-hydrogen) atoms. The van der Waals surface area contributed by atoms with Crippen molar-refractivity contribution >= 4 is 17.5 Å². The molecule has 2 heterocycles. The summed E-state index contributed by atoms with van der Waals surface area (Å²) in [5.41, 5.74) is 0.704. The van der Waals surface area contributed by atoms with Crippen LogP contribution in [0.2, 0.25) is 0 Å². The van der Waals surface area contributed by atoms with Crippen molar-refractivity contribution in [2.24, 2.45) is 0 Å². The molecule has 0 atom stereocenters. The highest BCUT2D eigenvalue weighted by Crippen LogP contribution is 2.20. The minimum atomic E-state index is 0.0779. The minimum Gasteiger partial charge on any atom is -0.469 e. The largest absolute Gasteiger partial charge is 0.469 e. The number of alkyl halides is 1. The molecule has 0 bridgehead atoms. The Hall–Kier alpha value is -0.960. The molecule has 1 aliphatic rings. The smallest absolute Gasteiger partial charge is 0.257 e. The van der Waals surface area contributed by atoms with E-state index >= 15 is 0 Å². The number of hydrogen-bond acceptors (Lipinski definition) is 2. The van der Waals surface area contributed by atoms with Crippen LogP contribution >= 0.6 is 11.6 Å². The van der Waals surface area contributed by atoms with Gasteiger partial charge in [0, 0.05) is 24.9 Å². The summed E-state index contributed by atoms with van der Waals surface area (Å²) >= 11 is 6.01. The molecule has 88 valence electrons. The molecule has 1 aromatic heterocycles. The van der Waals surface area contributed by atoms with Crippen LogP contribution in [-0.4, -0.2) is 29.3 Å². The van der Waals surface area contributed by atoms with Crippen molar-refractivity contribution in [1.82, 2.24) is 4.90 Å². The van der Waals surface area contributed by atoms with E-state index in [4.69, 9.17) is 16.0 Å². The lowest BCUT2D eigenvalue weighted by Crippen LogP contribution is -2.38. The molecule has 0 unspecified atom stereocenters. The zero-order chi connectivity index (χ0) is 11.5. The second-order valence-electron chi connectivity index (χ2n) is 4.08. The molecule has 0 radical (unpaired) electrons. The van der Waals surface area contributed by atoms with Gasteiger partial charge in [-0.1, -0.05) is 6.92 Å². The van der Waals surface area contributed by atoms with Crippen LogP contribution in [0, 0.1) is 0 Å². The fourth-order valence-corrected chi connectivity index (χ4v) is 2.22. The van der Waals surface area contributed by atoms with Crippen molar-refractivity contribution in [3.05, 3.63) is 23.7 Å². The van der Waals surface area contributed by atoms with Crippen molar-refractivity contribution in [1.29, 1.82) is 0 Å². The number of aryl methyl sites for hydroxylation is 1. The molecule has 0 aliphatic carbocycles. The Bertz CT molecular complexity index is 367. The molecule has 2 rings (SSSR count). The van der Waals surface area contributed by atoms with Crippen molar-refractivity contribution in [3.8, 4) is 0 Å². The van der Waals surface area contributed by atoms with Gasteiger partial charge in [0.1, 0.15) is 5.76 Å². The SMILES string of the molecule is CCc1occc1C(=O)N1CCC(Cl)CC1. The maximum absolute atomic E-state index is 12.2. The van der Waals surface area contributed by atoms with Gasteiger partial charge >= 0.3 is 0 Å². The summed E-state index contributed by atoms with van der Waals surface area (Å²) in [5.74, 6) is 0.854. The van der Waals surface area contributed by atoms with Gasteiger partial charge in [-0.2, -0.15) is 0 Å². The van der Waals surface area contributed by atoms with Crippen molar-refractivity contribution in [3.63, 3.8) is 0 Å². The highest BCUT2D eigenvalue weighted by Gasteiger charge is 2.24. The minimum absolute atomic E-state index is 0.0779. The molecular formula is C12H16ClNO2. The Labute approximate surface area is 100 Å². The van der Waals surface area contributed by atoms with E-state index in [9.17, 15) is 4.79 Å². The van der Waals surface area contributed by atoms with Crippen molar-refractivity contribution < 1.29 is 9.21 Å². The number of hydrogen-bond donors (Lipinski definition) is 0. The zero-order valence-corrected chi connectivity index (χ0v) is 10.2. The number of nitrogens with zero attached hydrogens (tertiary/aromatic N) is 1. The number of halogens is 1. The number of likely N-dealkylation sites (tertiary alicyclic amines) is 1. The molecular weight excluding hydrogens is 226 g/mol. The average molecular weight is 242 g/mol. The quantitative estimate of drug-likeness (QED) is 0.746. The first-order valence-electron chi connectivity index (χ1n) is 5.72. The third kappa shape index (κ3) is 2.24. The molecule has 0 saturated carbocycles. The molecule has 1 fully saturated rings. The van der Waals surface area contributed by atoms with Gasteiger partial charge in [0.15, 0.2) is 0 Å². The Kier molecular flexibility index (Phi) is 3.54. The van der Waals surface area contributed by atoms with Crippen molar-refractivity contribution in [2.45, 2.75) is 31.6 Å². The molecule has 1 saturated heterocycles. The molecule has 0 spiro atoms. The molecule has 1 amide bonds. The average Bonchev–Trinajstić information content (AvgIpc) is 2.77. The maximum Gasteiger partial charge on any atom is 0.257 e. The Balaban J connectivity index is 2.07. The number of piperidine rings is 1. The summed E-state index contributed by atoms with van der Waals surface area (Å²) < 4.78 is 5.27. The summed E-state index contributed by atoms with van der Waals surface area (Å²) in [4.78, 5) is 14.0. The Morgan fingerprint density at radius 3 is 2.88 bits per heavy atom. The van der Waals surface area contributed by atoms with Crippen LogP contribution in [0.4, 0.5) is 0 Å². The van der Waals surface area contributed by atoms with Gasteiger partial charge in [0.25, 0.3) is 5.91 Å². The van der Waals surface area contributed by atoms with E-state index in [-0.39, 0.29) is 11.3 Å². The van der Waals surface area contributed by atoms with Crippen LogP contribution in [0.3, 0.4) is 0 Å². The second-order valence-corrected chi connectivity index (χ2v) is 4.70. The molecule has 4 heteroatoms. The molecule has 0 N–H and O–H groups in total. The molecule has 1 aliphatic heterocycles. The fourth-order valence-electron chi connectivity index (χ4n) is 2.03. The van der Waals surface area contributed by atoms with Gasteiger partial charge in [-0.05, 0) is 18.9 Å². The Morgan fingerprint density at radius 2 is 2.25 bits per heavy atom. The number of amides is 1. The standard InChI is InChI=1S/C12H16ClNO2/c1-2-11-10(5-8-16-11)12(15)14-6-3-9(13)4-7-14/h5,8-9H,2-4,6-7H2,1H3. The first-order chi connectivity index (χ1) is 7.72. The monoisotopic (exact) mass is 241 g/mol. The van der Waals surface area contributed by atoms with E-state index in [0.29, 0.717) is 5.56 Å². The van der Waals surface area contributed by atoms with Crippen LogP contribution in [-0.2, 0) is 6.42 Å². The molecule has 3 nitrogen and oxygen atoms in total. The summed E-state index contributed by atoms with van der Waals surface area (Å²) in [6, 6.07) is 1.76. The number of rotatable bonds is 2.